The van der Waals surface area contributed by atoms with Crippen LogP contribution in [0.2, 0.25) is 0 Å². The topological polar surface area (TPSA) is 54.1 Å². The predicted octanol–water partition coefficient (Wildman–Crippen LogP) is 2.88. The Morgan fingerprint density at radius 2 is 2.10 bits per heavy atom. The number of aromatic amines is 1. The van der Waals surface area contributed by atoms with E-state index >= 15 is 0 Å². The van der Waals surface area contributed by atoms with E-state index in [0.717, 1.165) is 23.1 Å². The number of H-pyrrole nitrogens is 1. The smallest absolute Gasteiger partial charge is 0.225 e. The molecule has 1 amide bonds. The molecule has 1 aromatic carbocycles. The van der Waals surface area contributed by atoms with Gasteiger partial charge < -0.3 is 15.0 Å². The van der Waals surface area contributed by atoms with E-state index in [1.807, 2.05) is 45.2 Å². The van der Waals surface area contributed by atoms with Crippen molar-refractivity contribution in [1.29, 1.82) is 0 Å². The average molecular weight is 274 g/mol. The van der Waals surface area contributed by atoms with Gasteiger partial charge in [0.1, 0.15) is 5.75 Å². The van der Waals surface area contributed by atoms with Crippen LogP contribution in [0.4, 0.5) is 0 Å². The van der Waals surface area contributed by atoms with Crippen molar-refractivity contribution in [2.75, 3.05) is 13.7 Å². The molecule has 4 nitrogen and oxygen atoms in total. The minimum absolute atomic E-state index is 0.0786. The zero-order chi connectivity index (χ0) is 14.8. The van der Waals surface area contributed by atoms with Crippen LogP contribution in [0.25, 0.3) is 10.9 Å². The van der Waals surface area contributed by atoms with Gasteiger partial charge >= 0.3 is 0 Å². The van der Waals surface area contributed by atoms with Gasteiger partial charge in [0.2, 0.25) is 5.91 Å². The van der Waals surface area contributed by atoms with E-state index in [9.17, 15) is 4.79 Å². The number of benzene rings is 1. The maximum absolute atomic E-state index is 11.8. The molecule has 0 fully saturated rings. The predicted molar refractivity (Wildman–Crippen MR) is 81.0 cm³/mol. The monoisotopic (exact) mass is 274 g/mol. The molecule has 0 saturated carbocycles. The Morgan fingerprint density at radius 3 is 2.75 bits per heavy atom. The van der Waals surface area contributed by atoms with Gasteiger partial charge in [0.05, 0.1) is 7.11 Å². The molecule has 1 heterocycles. The fourth-order valence-corrected chi connectivity index (χ4v) is 2.07. The molecule has 0 radical (unpaired) electrons. The summed E-state index contributed by atoms with van der Waals surface area (Å²) < 4.78 is 5.25. The lowest BCUT2D eigenvalue weighted by atomic mass is 9.95. The summed E-state index contributed by atoms with van der Waals surface area (Å²) in [5.41, 5.74) is 1.93. The summed E-state index contributed by atoms with van der Waals surface area (Å²) >= 11 is 0. The van der Waals surface area contributed by atoms with E-state index < -0.39 is 0 Å². The second-order valence-electron chi connectivity index (χ2n) is 5.98. The lowest BCUT2D eigenvalue weighted by Gasteiger charge is -2.17. The van der Waals surface area contributed by atoms with Crippen LogP contribution >= 0.6 is 0 Å². The van der Waals surface area contributed by atoms with E-state index in [0.29, 0.717) is 6.54 Å². The summed E-state index contributed by atoms with van der Waals surface area (Å²) in [4.78, 5) is 15.1. The van der Waals surface area contributed by atoms with E-state index in [2.05, 4.69) is 10.3 Å². The van der Waals surface area contributed by atoms with Gasteiger partial charge in [-0.15, -0.1) is 0 Å². The maximum atomic E-state index is 11.8. The summed E-state index contributed by atoms with van der Waals surface area (Å²) in [6.07, 6.45) is 2.79. The zero-order valence-electron chi connectivity index (χ0n) is 12.5. The number of hydrogen-bond donors (Lipinski definition) is 2. The first-order chi connectivity index (χ1) is 9.41. The van der Waals surface area contributed by atoms with Gasteiger partial charge in [0, 0.05) is 29.1 Å². The van der Waals surface area contributed by atoms with Crippen LogP contribution in [0.5, 0.6) is 5.75 Å². The Labute approximate surface area is 119 Å². The molecule has 1 aromatic heterocycles. The molecule has 2 aromatic rings. The number of amides is 1. The van der Waals surface area contributed by atoms with Crippen molar-refractivity contribution < 1.29 is 9.53 Å². The minimum atomic E-state index is -0.344. The van der Waals surface area contributed by atoms with Crippen LogP contribution in [0, 0.1) is 5.41 Å². The quantitative estimate of drug-likeness (QED) is 0.900. The highest BCUT2D eigenvalue weighted by Gasteiger charge is 2.20. The normalized spacial score (nSPS) is 11.6. The van der Waals surface area contributed by atoms with Crippen LogP contribution < -0.4 is 10.1 Å². The van der Waals surface area contributed by atoms with E-state index in [1.165, 1.54) is 5.56 Å². The molecule has 0 aliphatic heterocycles. The maximum Gasteiger partial charge on any atom is 0.225 e. The molecule has 108 valence electrons. The Balaban J connectivity index is 2.05. The van der Waals surface area contributed by atoms with Crippen molar-refractivity contribution in [3.8, 4) is 5.75 Å². The van der Waals surface area contributed by atoms with Crippen LogP contribution in [-0.2, 0) is 11.2 Å². The van der Waals surface area contributed by atoms with E-state index in [-0.39, 0.29) is 11.3 Å². The highest BCUT2D eigenvalue weighted by Crippen LogP contribution is 2.23. The molecule has 2 rings (SSSR count). The summed E-state index contributed by atoms with van der Waals surface area (Å²) in [6.45, 7) is 6.39. The highest BCUT2D eigenvalue weighted by molar-refractivity contribution is 5.85. The summed E-state index contributed by atoms with van der Waals surface area (Å²) in [6, 6.07) is 5.96. The molecule has 20 heavy (non-hydrogen) atoms. The van der Waals surface area contributed by atoms with E-state index in [4.69, 9.17) is 4.74 Å². The first-order valence-corrected chi connectivity index (χ1v) is 6.84. The first kappa shape index (κ1) is 14.4. The molecular weight excluding hydrogens is 252 g/mol. The Hall–Kier alpha value is -1.97. The number of aromatic nitrogens is 1. The van der Waals surface area contributed by atoms with Crippen molar-refractivity contribution in [1.82, 2.24) is 10.3 Å². The third kappa shape index (κ3) is 3.13. The third-order valence-electron chi connectivity index (χ3n) is 3.34. The van der Waals surface area contributed by atoms with Gasteiger partial charge in [-0.1, -0.05) is 20.8 Å². The number of carbonyl (C=O) groups excluding carboxylic acids is 1. The lowest BCUT2D eigenvalue weighted by molar-refractivity contribution is -0.128. The molecule has 0 atom stereocenters. The van der Waals surface area contributed by atoms with Crippen molar-refractivity contribution in [2.45, 2.75) is 27.2 Å². The molecule has 0 aliphatic rings. The van der Waals surface area contributed by atoms with Crippen molar-refractivity contribution >= 4 is 16.8 Å². The summed E-state index contributed by atoms with van der Waals surface area (Å²) in [5, 5.41) is 4.12. The fraction of sp³-hybridized carbons (Fsp3) is 0.438. The fourth-order valence-electron chi connectivity index (χ4n) is 2.07. The third-order valence-corrected chi connectivity index (χ3v) is 3.34. The lowest BCUT2D eigenvalue weighted by Crippen LogP contribution is -2.35. The Bertz CT molecular complexity index is 608. The van der Waals surface area contributed by atoms with Crippen LogP contribution in [0.1, 0.15) is 26.3 Å². The van der Waals surface area contributed by atoms with Gasteiger partial charge in [-0.3, -0.25) is 4.79 Å². The Kier molecular flexibility index (Phi) is 4.02. The number of rotatable bonds is 4. The number of nitrogens with one attached hydrogen (secondary N) is 2. The second-order valence-corrected chi connectivity index (χ2v) is 5.98. The first-order valence-electron chi connectivity index (χ1n) is 6.84. The van der Waals surface area contributed by atoms with Crippen molar-refractivity contribution in [3.63, 3.8) is 0 Å². The molecule has 2 N–H and O–H groups in total. The number of fused-ring (bicyclic) bond motifs is 1. The summed E-state index contributed by atoms with van der Waals surface area (Å²) in [7, 11) is 1.66. The number of hydrogen-bond acceptors (Lipinski definition) is 2. The molecule has 0 unspecified atom stereocenters. The van der Waals surface area contributed by atoms with Crippen LogP contribution in [0.15, 0.2) is 24.4 Å². The van der Waals surface area contributed by atoms with Crippen LogP contribution in [0.3, 0.4) is 0 Å². The van der Waals surface area contributed by atoms with E-state index in [1.54, 1.807) is 7.11 Å². The number of carbonyl (C=O) groups is 1. The van der Waals surface area contributed by atoms with Crippen molar-refractivity contribution in [3.05, 3.63) is 30.0 Å². The van der Waals surface area contributed by atoms with Crippen LogP contribution in [-0.4, -0.2) is 24.5 Å². The SMILES string of the molecule is COc1ccc2[nH]cc(CCNC(=O)C(C)(C)C)c2c1. The molecule has 0 aliphatic carbocycles. The molecule has 0 bridgehead atoms. The van der Waals surface area contributed by atoms with Gasteiger partial charge in [-0.25, -0.2) is 0 Å². The minimum Gasteiger partial charge on any atom is -0.497 e. The number of methoxy groups -OCH3 is 1. The highest BCUT2D eigenvalue weighted by atomic mass is 16.5. The Morgan fingerprint density at radius 1 is 1.35 bits per heavy atom. The molecule has 0 saturated heterocycles. The standard InChI is InChI=1S/C16H22N2O2/c1-16(2,3)15(19)17-8-7-11-10-18-14-6-5-12(20-4)9-13(11)14/h5-6,9-10,18H,7-8H2,1-4H3,(H,17,19). The zero-order valence-corrected chi connectivity index (χ0v) is 12.5. The molecule has 0 spiro atoms. The van der Waals surface area contributed by atoms with Gasteiger partial charge in [-0.2, -0.15) is 0 Å². The number of ether oxygens (including phenoxy) is 1. The largest absolute Gasteiger partial charge is 0.497 e. The van der Waals surface area contributed by atoms with Gasteiger partial charge in [0.15, 0.2) is 0 Å². The molecular formula is C16H22N2O2. The van der Waals surface area contributed by atoms with Gasteiger partial charge in [0.25, 0.3) is 0 Å². The molecule has 4 heteroatoms. The second kappa shape index (κ2) is 5.57. The van der Waals surface area contributed by atoms with Crippen molar-refractivity contribution in [2.24, 2.45) is 5.41 Å². The van der Waals surface area contributed by atoms with Gasteiger partial charge in [-0.05, 0) is 30.2 Å². The average Bonchev–Trinajstić information content (AvgIpc) is 2.80. The summed E-state index contributed by atoms with van der Waals surface area (Å²) in [5.74, 6) is 0.923.